The second-order valence-electron chi connectivity index (χ2n) is 5.30. The van der Waals surface area contributed by atoms with Crippen LogP contribution in [0, 0.1) is 6.92 Å². The van der Waals surface area contributed by atoms with Crippen LogP contribution in [0.25, 0.3) is 0 Å². The molecule has 1 unspecified atom stereocenters. The van der Waals surface area contributed by atoms with E-state index in [0.29, 0.717) is 26.2 Å². The van der Waals surface area contributed by atoms with Crippen molar-refractivity contribution in [3.05, 3.63) is 29.8 Å². The molecular weight excluding hydrogens is 256 g/mol. The summed E-state index contributed by atoms with van der Waals surface area (Å²) in [5, 5.41) is 0. The summed E-state index contributed by atoms with van der Waals surface area (Å²) in [7, 11) is 0. The first-order chi connectivity index (χ1) is 9.66. The molecule has 3 rings (SSSR count). The van der Waals surface area contributed by atoms with Crippen molar-refractivity contribution in [2.75, 3.05) is 24.7 Å². The van der Waals surface area contributed by atoms with E-state index in [1.54, 1.807) is 4.90 Å². The van der Waals surface area contributed by atoms with Crippen molar-refractivity contribution in [2.45, 2.75) is 25.8 Å². The zero-order valence-corrected chi connectivity index (χ0v) is 11.5. The van der Waals surface area contributed by atoms with Crippen LogP contribution in [0.3, 0.4) is 0 Å². The maximum Gasteiger partial charge on any atom is 0.331 e. The minimum Gasteiger partial charge on any atom is -0.379 e. The van der Waals surface area contributed by atoms with Crippen molar-refractivity contribution >= 4 is 17.6 Å². The van der Waals surface area contributed by atoms with Crippen LogP contribution in [0.1, 0.15) is 18.4 Å². The molecular formula is C15H18N2O3. The molecule has 0 saturated carbocycles. The van der Waals surface area contributed by atoms with Gasteiger partial charge in [-0.15, -0.1) is 0 Å². The Morgan fingerprint density at radius 3 is 2.60 bits per heavy atom. The lowest BCUT2D eigenvalue weighted by atomic mass is 10.1. The highest BCUT2D eigenvalue weighted by Crippen LogP contribution is 2.24. The molecule has 106 valence electrons. The topological polar surface area (TPSA) is 49.9 Å². The second kappa shape index (κ2) is 5.25. The Morgan fingerprint density at radius 2 is 1.95 bits per heavy atom. The lowest BCUT2D eigenvalue weighted by Crippen LogP contribution is -2.56. The molecule has 5 heteroatoms. The zero-order chi connectivity index (χ0) is 14.1. The molecule has 2 aliphatic rings. The maximum atomic E-state index is 12.6. The summed E-state index contributed by atoms with van der Waals surface area (Å²) in [5.41, 5.74) is 1.99. The van der Waals surface area contributed by atoms with Gasteiger partial charge in [0.15, 0.2) is 0 Å². The molecule has 2 saturated heterocycles. The average Bonchev–Trinajstić information content (AvgIpc) is 2.94. The van der Waals surface area contributed by atoms with E-state index in [0.717, 1.165) is 17.7 Å². The molecule has 1 atom stereocenters. The van der Waals surface area contributed by atoms with Crippen LogP contribution in [-0.2, 0) is 9.53 Å². The van der Waals surface area contributed by atoms with E-state index in [4.69, 9.17) is 4.74 Å². The number of anilines is 1. The number of carbonyl (C=O) groups excluding carboxylic acids is 2. The fourth-order valence-corrected chi connectivity index (χ4v) is 2.71. The third-order valence-corrected chi connectivity index (χ3v) is 3.87. The van der Waals surface area contributed by atoms with Gasteiger partial charge >= 0.3 is 6.03 Å². The quantitative estimate of drug-likeness (QED) is 0.828. The van der Waals surface area contributed by atoms with Crippen molar-refractivity contribution in [3.8, 4) is 0 Å². The molecule has 0 spiro atoms. The van der Waals surface area contributed by atoms with Gasteiger partial charge in [0.25, 0.3) is 0 Å². The summed E-state index contributed by atoms with van der Waals surface area (Å²) in [6.07, 6.45) is 1.11. The molecule has 3 amide bonds. The Kier molecular flexibility index (Phi) is 3.44. The predicted octanol–water partition coefficient (Wildman–Crippen LogP) is 1.94. The summed E-state index contributed by atoms with van der Waals surface area (Å²) in [6.45, 7) is 3.53. The molecule has 0 bridgehead atoms. The first kappa shape index (κ1) is 13.1. The van der Waals surface area contributed by atoms with Crippen molar-refractivity contribution < 1.29 is 14.3 Å². The fraction of sp³-hybridized carbons (Fsp3) is 0.467. The van der Waals surface area contributed by atoms with Crippen molar-refractivity contribution in [1.82, 2.24) is 4.90 Å². The van der Waals surface area contributed by atoms with Gasteiger partial charge in [-0.25, -0.2) is 4.79 Å². The summed E-state index contributed by atoms with van der Waals surface area (Å²) in [6, 6.07) is 7.46. The van der Waals surface area contributed by atoms with Crippen molar-refractivity contribution in [1.29, 1.82) is 0 Å². The molecule has 0 aliphatic carbocycles. The van der Waals surface area contributed by atoms with Gasteiger partial charge in [-0.3, -0.25) is 14.6 Å². The monoisotopic (exact) mass is 274 g/mol. The number of rotatable bonds is 2. The van der Waals surface area contributed by atoms with E-state index in [2.05, 4.69) is 0 Å². The van der Waals surface area contributed by atoms with Gasteiger partial charge in [-0.1, -0.05) is 17.7 Å². The van der Waals surface area contributed by atoms with Crippen LogP contribution >= 0.6 is 0 Å². The number of hydrogen-bond donors (Lipinski definition) is 0. The molecule has 0 N–H and O–H groups in total. The van der Waals surface area contributed by atoms with E-state index in [1.807, 2.05) is 31.2 Å². The van der Waals surface area contributed by atoms with Crippen LogP contribution < -0.4 is 4.90 Å². The lowest BCUT2D eigenvalue weighted by Gasteiger charge is -2.36. The number of urea groups is 1. The molecule has 1 aromatic rings. The smallest absolute Gasteiger partial charge is 0.331 e. The van der Waals surface area contributed by atoms with Gasteiger partial charge < -0.3 is 4.74 Å². The number of carbonyl (C=O) groups is 2. The number of ether oxygens (including phenoxy) is 1. The Morgan fingerprint density at radius 1 is 1.20 bits per heavy atom. The fourth-order valence-electron chi connectivity index (χ4n) is 2.71. The molecule has 2 aliphatic heterocycles. The summed E-state index contributed by atoms with van der Waals surface area (Å²) in [5.74, 6) is -0.0890. The normalized spacial score (nSPS) is 23.6. The van der Waals surface area contributed by atoms with Crippen LogP contribution in [0.4, 0.5) is 10.5 Å². The van der Waals surface area contributed by atoms with Gasteiger partial charge in [-0.2, -0.15) is 0 Å². The first-order valence-electron chi connectivity index (χ1n) is 6.95. The second-order valence-corrected chi connectivity index (χ2v) is 5.30. The van der Waals surface area contributed by atoms with Crippen LogP contribution in [0.15, 0.2) is 24.3 Å². The van der Waals surface area contributed by atoms with E-state index in [9.17, 15) is 9.59 Å². The molecule has 2 heterocycles. The number of hydrogen-bond acceptors (Lipinski definition) is 3. The van der Waals surface area contributed by atoms with Gasteiger partial charge in [-0.05, 0) is 25.5 Å². The summed E-state index contributed by atoms with van der Waals surface area (Å²) in [4.78, 5) is 27.7. The molecule has 0 aromatic heterocycles. The Labute approximate surface area is 118 Å². The number of benzene rings is 1. The van der Waals surface area contributed by atoms with Crippen LogP contribution in [0.5, 0.6) is 0 Å². The highest BCUT2D eigenvalue weighted by Gasteiger charge is 2.38. The van der Waals surface area contributed by atoms with E-state index in [1.165, 1.54) is 4.90 Å². The van der Waals surface area contributed by atoms with Gasteiger partial charge in [0.05, 0.1) is 12.6 Å². The minimum atomic E-state index is -0.222. The standard InChI is InChI=1S/C15H18N2O3/c1-11-2-4-12(5-3-11)16-8-6-14(18)17(15(16)19)13-7-9-20-10-13/h2-5,13H,6-10H2,1H3. The Hall–Kier alpha value is -1.88. The third kappa shape index (κ3) is 2.29. The third-order valence-electron chi connectivity index (χ3n) is 3.87. The molecule has 1 aromatic carbocycles. The number of nitrogens with zero attached hydrogens (tertiary/aromatic N) is 2. The number of amides is 3. The van der Waals surface area contributed by atoms with Gasteiger partial charge in [0, 0.05) is 25.3 Å². The highest BCUT2D eigenvalue weighted by atomic mass is 16.5. The first-order valence-corrected chi connectivity index (χ1v) is 6.95. The van der Waals surface area contributed by atoms with Gasteiger partial charge in [0.2, 0.25) is 5.91 Å². The lowest BCUT2D eigenvalue weighted by molar-refractivity contribution is -0.130. The highest BCUT2D eigenvalue weighted by molar-refractivity contribution is 6.05. The molecule has 20 heavy (non-hydrogen) atoms. The zero-order valence-electron chi connectivity index (χ0n) is 11.5. The summed E-state index contributed by atoms with van der Waals surface area (Å²) < 4.78 is 5.30. The van der Waals surface area contributed by atoms with Crippen LogP contribution in [-0.4, -0.2) is 42.6 Å². The predicted molar refractivity (Wildman–Crippen MR) is 74.6 cm³/mol. The van der Waals surface area contributed by atoms with Gasteiger partial charge in [0.1, 0.15) is 0 Å². The van der Waals surface area contributed by atoms with Crippen molar-refractivity contribution in [2.24, 2.45) is 0 Å². The van der Waals surface area contributed by atoms with E-state index < -0.39 is 0 Å². The molecule has 2 fully saturated rings. The summed E-state index contributed by atoms with van der Waals surface area (Å²) >= 11 is 0. The van der Waals surface area contributed by atoms with E-state index in [-0.39, 0.29) is 18.0 Å². The van der Waals surface area contributed by atoms with Crippen molar-refractivity contribution in [3.63, 3.8) is 0 Å². The SMILES string of the molecule is Cc1ccc(N2CCC(=O)N(C3CCOC3)C2=O)cc1. The Bertz CT molecular complexity index is 520. The minimum absolute atomic E-state index is 0.0890. The largest absolute Gasteiger partial charge is 0.379 e. The Balaban J connectivity index is 1.84. The number of aryl methyl sites for hydroxylation is 1. The van der Waals surface area contributed by atoms with E-state index >= 15 is 0 Å². The average molecular weight is 274 g/mol. The van der Waals surface area contributed by atoms with Crippen LogP contribution in [0.2, 0.25) is 0 Å². The number of imide groups is 1. The molecule has 0 radical (unpaired) electrons. The molecule has 5 nitrogen and oxygen atoms in total. The maximum absolute atomic E-state index is 12.6.